The molecule has 0 aliphatic heterocycles. The van der Waals surface area contributed by atoms with Gasteiger partial charge in [0.25, 0.3) is 0 Å². The lowest BCUT2D eigenvalue weighted by molar-refractivity contribution is -0.124. The fraction of sp³-hybridized carbons (Fsp3) is 0.529. The maximum atomic E-state index is 12.2. The molecule has 0 saturated heterocycles. The van der Waals surface area contributed by atoms with Gasteiger partial charge in [-0.3, -0.25) is 9.59 Å². The Kier molecular flexibility index (Phi) is 6.45. The van der Waals surface area contributed by atoms with Crippen LogP contribution in [-0.2, 0) is 9.59 Å². The highest BCUT2D eigenvalue weighted by Crippen LogP contribution is 2.41. The fourth-order valence-electron chi connectivity index (χ4n) is 2.21. The van der Waals surface area contributed by atoms with Crippen LogP contribution < -0.4 is 24.4 Å². The number of anilines is 1. The number of carbonyl (C=O) groups is 2. The van der Waals surface area contributed by atoms with Crippen LogP contribution in [0.2, 0.25) is 0 Å². The summed E-state index contributed by atoms with van der Waals surface area (Å²) in [5.41, 5.74) is 0.107. The number of amides is 2. The molecule has 2 amide bonds. The largest absolute Gasteiger partial charge is 0.493 e. The third kappa shape index (κ3) is 5.04. The number of hydrogen-bond donors (Lipinski definition) is 1. The number of benzene rings is 1. The maximum Gasteiger partial charge on any atom is 0.240 e. The van der Waals surface area contributed by atoms with Crippen molar-refractivity contribution in [3.8, 4) is 17.2 Å². The molecule has 134 valence electrons. The second-order valence-electron chi connectivity index (χ2n) is 6.29. The molecule has 0 bridgehead atoms. The van der Waals surface area contributed by atoms with Crippen LogP contribution in [0, 0.1) is 0 Å². The maximum absolute atomic E-state index is 12.2. The Balaban J connectivity index is 3.21. The van der Waals surface area contributed by atoms with Crippen molar-refractivity contribution in [3.05, 3.63) is 12.1 Å². The molecular formula is C17H26N2O5. The Labute approximate surface area is 142 Å². The zero-order valence-electron chi connectivity index (χ0n) is 15.4. The third-order valence-corrected chi connectivity index (χ3v) is 3.16. The van der Waals surface area contributed by atoms with Gasteiger partial charge in [0.15, 0.2) is 11.5 Å². The molecule has 0 aromatic heterocycles. The summed E-state index contributed by atoms with van der Waals surface area (Å²) in [6.45, 7) is 6.92. The molecule has 0 atom stereocenters. The highest BCUT2D eigenvalue weighted by molar-refractivity contribution is 5.98. The monoisotopic (exact) mass is 338 g/mol. The van der Waals surface area contributed by atoms with Crippen LogP contribution in [0.25, 0.3) is 0 Å². The molecule has 0 aliphatic rings. The number of nitrogens with one attached hydrogen (secondary N) is 1. The average Bonchev–Trinajstić information content (AvgIpc) is 2.49. The Hall–Kier alpha value is -2.44. The molecule has 0 aliphatic carbocycles. The standard InChI is InChI=1S/C17H26N2O5/c1-11(20)19(10-15(21)18-17(2,3)4)12-8-13(22-5)16(24-7)14(9-12)23-6/h8-9H,10H2,1-7H3,(H,18,21). The normalized spacial score (nSPS) is 10.8. The topological polar surface area (TPSA) is 77.1 Å². The Morgan fingerprint density at radius 2 is 1.54 bits per heavy atom. The van der Waals surface area contributed by atoms with Gasteiger partial charge >= 0.3 is 0 Å². The number of hydrogen-bond acceptors (Lipinski definition) is 5. The molecule has 1 aromatic rings. The van der Waals surface area contributed by atoms with E-state index in [1.54, 1.807) is 12.1 Å². The lowest BCUT2D eigenvalue weighted by atomic mass is 10.1. The molecule has 0 radical (unpaired) electrons. The molecule has 1 rings (SSSR count). The minimum Gasteiger partial charge on any atom is -0.493 e. The fourth-order valence-corrected chi connectivity index (χ4v) is 2.21. The zero-order valence-corrected chi connectivity index (χ0v) is 15.4. The summed E-state index contributed by atoms with van der Waals surface area (Å²) in [5, 5.41) is 2.83. The molecule has 24 heavy (non-hydrogen) atoms. The first kappa shape index (κ1) is 19.6. The van der Waals surface area contributed by atoms with Gasteiger partial charge in [0, 0.05) is 24.6 Å². The van der Waals surface area contributed by atoms with E-state index in [9.17, 15) is 9.59 Å². The van der Waals surface area contributed by atoms with Gasteiger partial charge < -0.3 is 24.4 Å². The van der Waals surface area contributed by atoms with Crippen LogP contribution in [0.4, 0.5) is 5.69 Å². The number of nitrogens with zero attached hydrogens (tertiary/aromatic N) is 1. The predicted molar refractivity (Wildman–Crippen MR) is 92.0 cm³/mol. The molecule has 0 heterocycles. The van der Waals surface area contributed by atoms with Crippen molar-refractivity contribution in [2.75, 3.05) is 32.8 Å². The minimum absolute atomic E-state index is 0.106. The summed E-state index contributed by atoms with van der Waals surface area (Å²) in [7, 11) is 4.48. The Morgan fingerprint density at radius 3 is 1.88 bits per heavy atom. The zero-order chi connectivity index (χ0) is 18.5. The van der Waals surface area contributed by atoms with Gasteiger partial charge in [-0.25, -0.2) is 0 Å². The third-order valence-electron chi connectivity index (χ3n) is 3.16. The van der Waals surface area contributed by atoms with Crippen molar-refractivity contribution in [1.82, 2.24) is 5.32 Å². The summed E-state index contributed by atoms with van der Waals surface area (Å²) < 4.78 is 15.9. The van der Waals surface area contributed by atoms with Crippen LogP contribution >= 0.6 is 0 Å². The summed E-state index contributed by atoms with van der Waals surface area (Å²) in [4.78, 5) is 25.6. The van der Waals surface area contributed by atoms with Gasteiger partial charge in [-0.2, -0.15) is 0 Å². The average molecular weight is 338 g/mol. The van der Waals surface area contributed by atoms with Crippen LogP contribution in [0.15, 0.2) is 12.1 Å². The van der Waals surface area contributed by atoms with Gasteiger partial charge in [0.05, 0.1) is 27.0 Å². The van der Waals surface area contributed by atoms with E-state index in [0.29, 0.717) is 22.9 Å². The summed E-state index contributed by atoms with van der Waals surface area (Å²) in [5.74, 6) is 0.717. The van der Waals surface area contributed by atoms with E-state index >= 15 is 0 Å². The van der Waals surface area contributed by atoms with E-state index in [1.807, 2.05) is 20.8 Å². The highest BCUT2D eigenvalue weighted by Gasteiger charge is 2.22. The van der Waals surface area contributed by atoms with Gasteiger partial charge in [-0.1, -0.05) is 0 Å². The number of rotatable bonds is 6. The second kappa shape index (κ2) is 7.90. The molecule has 7 nitrogen and oxygen atoms in total. The van der Waals surface area contributed by atoms with E-state index in [0.717, 1.165) is 0 Å². The Morgan fingerprint density at radius 1 is 1.04 bits per heavy atom. The van der Waals surface area contributed by atoms with Crippen LogP contribution in [0.1, 0.15) is 27.7 Å². The van der Waals surface area contributed by atoms with E-state index in [2.05, 4.69) is 5.32 Å². The van der Waals surface area contributed by atoms with Gasteiger partial charge in [-0.05, 0) is 20.8 Å². The van der Waals surface area contributed by atoms with Crippen molar-refractivity contribution in [1.29, 1.82) is 0 Å². The molecule has 0 unspecified atom stereocenters. The summed E-state index contributed by atoms with van der Waals surface area (Å²) in [6, 6.07) is 3.26. The number of methoxy groups -OCH3 is 3. The van der Waals surface area contributed by atoms with Crippen LogP contribution in [0.5, 0.6) is 17.2 Å². The molecular weight excluding hydrogens is 312 g/mol. The molecule has 7 heteroatoms. The van der Waals surface area contributed by atoms with E-state index < -0.39 is 0 Å². The summed E-state index contributed by atoms with van der Waals surface area (Å²) in [6.07, 6.45) is 0. The van der Waals surface area contributed by atoms with Crippen molar-refractivity contribution in [2.24, 2.45) is 0 Å². The van der Waals surface area contributed by atoms with Crippen LogP contribution in [-0.4, -0.2) is 45.2 Å². The van der Waals surface area contributed by atoms with Crippen molar-refractivity contribution < 1.29 is 23.8 Å². The smallest absolute Gasteiger partial charge is 0.240 e. The number of ether oxygens (including phenoxy) is 3. The first-order valence-electron chi connectivity index (χ1n) is 7.52. The number of carbonyl (C=O) groups excluding carboxylic acids is 2. The first-order valence-corrected chi connectivity index (χ1v) is 7.52. The minimum atomic E-state index is -0.380. The van der Waals surface area contributed by atoms with Gasteiger partial charge in [-0.15, -0.1) is 0 Å². The van der Waals surface area contributed by atoms with Crippen molar-refractivity contribution in [2.45, 2.75) is 33.2 Å². The molecule has 1 aromatic carbocycles. The van der Waals surface area contributed by atoms with Gasteiger partial charge in [0.1, 0.15) is 6.54 Å². The lowest BCUT2D eigenvalue weighted by Gasteiger charge is -2.26. The lowest BCUT2D eigenvalue weighted by Crippen LogP contribution is -2.47. The van der Waals surface area contributed by atoms with E-state index in [1.165, 1.54) is 33.2 Å². The highest BCUT2D eigenvalue weighted by atomic mass is 16.5. The molecule has 0 fully saturated rings. The van der Waals surface area contributed by atoms with E-state index in [4.69, 9.17) is 14.2 Å². The van der Waals surface area contributed by atoms with E-state index in [-0.39, 0.29) is 23.9 Å². The predicted octanol–water partition coefficient (Wildman–Crippen LogP) is 1.98. The van der Waals surface area contributed by atoms with Crippen molar-refractivity contribution >= 4 is 17.5 Å². The molecule has 0 saturated carbocycles. The van der Waals surface area contributed by atoms with Gasteiger partial charge in [0.2, 0.25) is 17.6 Å². The Bertz CT molecular complexity index is 582. The van der Waals surface area contributed by atoms with Crippen molar-refractivity contribution in [3.63, 3.8) is 0 Å². The molecule has 0 spiro atoms. The second-order valence-corrected chi connectivity index (χ2v) is 6.29. The molecule has 1 N–H and O–H groups in total. The first-order chi connectivity index (χ1) is 11.1. The SMILES string of the molecule is COc1cc(N(CC(=O)NC(C)(C)C)C(C)=O)cc(OC)c1OC. The summed E-state index contributed by atoms with van der Waals surface area (Å²) >= 11 is 0. The quantitative estimate of drug-likeness (QED) is 0.858. The van der Waals surface area contributed by atoms with Crippen LogP contribution in [0.3, 0.4) is 0 Å².